The molecule has 55 heavy (non-hydrogen) atoms. The van der Waals surface area contributed by atoms with Gasteiger partial charge < -0.3 is 16.0 Å². The predicted octanol–water partition coefficient (Wildman–Crippen LogP) is 4.30. The molecule has 5 heterocycles. The molecule has 6 aliphatic rings. The molecular formula is C43H51N9O3. The molecule has 2 saturated heterocycles. The Labute approximate surface area is 322 Å². The van der Waals surface area contributed by atoms with Crippen molar-refractivity contribution < 1.29 is 14.4 Å². The van der Waals surface area contributed by atoms with Gasteiger partial charge in [0.1, 0.15) is 0 Å². The number of hydrogen-bond acceptors (Lipinski definition) is 9. The van der Waals surface area contributed by atoms with E-state index in [1.165, 1.54) is 30.4 Å². The van der Waals surface area contributed by atoms with Gasteiger partial charge in [0.25, 0.3) is 17.4 Å². The fourth-order valence-electron chi connectivity index (χ4n) is 10.0. The zero-order valence-electron chi connectivity index (χ0n) is 31.5. The van der Waals surface area contributed by atoms with Crippen LogP contribution < -0.4 is 21.4 Å². The van der Waals surface area contributed by atoms with Crippen molar-refractivity contribution in [1.29, 1.82) is 0 Å². The van der Waals surface area contributed by atoms with Crippen molar-refractivity contribution in [2.24, 2.45) is 23.7 Å². The maximum absolute atomic E-state index is 14.6. The SMILES string of the molecule is CCn1ncc2c(NC3CCCCC3)c(C3=CC(C(=O)NC4C5CN(Cc6ccccc6)CC54)(C(=O)NC4C5CN(Cc6ccccc6)CC54)ON3)cnc21. The molecule has 4 unspecified atom stereocenters. The average molecular weight is 742 g/mol. The number of carbonyl (C=O) groups is 2. The van der Waals surface area contributed by atoms with Crippen LogP contribution in [0.25, 0.3) is 16.7 Å². The van der Waals surface area contributed by atoms with Gasteiger partial charge in [-0.05, 0) is 60.6 Å². The summed E-state index contributed by atoms with van der Waals surface area (Å²) < 4.78 is 1.89. The Hall–Kier alpha value is -4.78. The minimum Gasteiger partial charge on any atom is -0.381 e. The summed E-state index contributed by atoms with van der Waals surface area (Å²) >= 11 is 0. The number of nitrogens with zero attached hydrogens (tertiary/aromatic N) is 5. The Bertz CT molecular complexity index is 1990. The van der Waals surface area contributed by atoms with Gasteiger partial charge in [-0.2, -0.15) is 5.10 Å². The molecule has 0 bridgehead atoms. The molecule has 4 aromatic rings. The molecule has 2 amide bonds. The number of hydrogen-bond donors (Lipinski definition) is 4. The van der Waals surface area contributed by atoms with E-state index < -0.39 is 17.4 Å². The number of benzene rings is 2. The smallest absolute Gasteiger partial charge is 0.271 e. The third-order valence-corrected chi connectivity index (χ3v) is 13.2. The van der Waals surface area contributed by atoms with Crippen molar-refractivity contribution in [1.82, 2.24) is 40.7 Å². The minimum absolute atomic E-state index is 0.0125. The molecular weight excluding hydrogens is 691 g/mol. The van der Waals surface area contributed by atoms with Crippen LogP contribution in [0.1, 0.15) is 55.7 Å². The fraction of sp³-hybridized carbons (Fsp3) is 0.488. The molecule has 0 radical (unpaired) electrons. The summed E-state index contributed by atoms with van der Waals surface area (Å²) in [5.74, 6) is 0.586. The van der Waals surface area contributed by atoms with E-state index in [1.54, 1.807) is 6.08 Å². The number of nitrogens with one attached hydrogen (secondary N) is 4. The molecule has 2 aromatic carbocycles. The summed E-state index contributed by atoms with van der Waals surface area (Å²) in [6, 6.07) is 21.4. The molecule has 3 saturated carbocycles. The molecule has 5 fully saturated rings. The Kier molecular flexibility index (Phi) is 8.87. The number of anilines is 1. The highest BCUT2D eigenvalue weighted by molar-refractivity contribution is 6.13. The van der Waals surface area contributed by atoms with Crippen LogP contribution >= 0.6 is 0 Å². The van der Waals surface area contributed by atoms with Crippen LogP contribution in [0.3, 0.4) is 0 Å². The van der Waals surface area contributed by atoms with Crippen LogP contribution in [-0.4, -0.2) is 86.3 Å². The van der Waals surface area contributed by atoms with Gasteiger partial charge in [-0.1, -0.05) is 79.9 Å². The Morgan fingerprint density at radius 1 is 0.800 bits per heavy atom. The molecule has 2 aromatic heterocycles. The zero-order chi connectivity index (χ0) is 37.1. The van der Waals surface area contributed by atoms with E-state index in [-0.39, 0.29) is 12.1 Å². The number of aromatic nitrogens is 3. The number of hydroxylamine groups is 1. The topological polar surface area (TPSA) is 129 Å². The first-order valence-corrected chi connectivity index (χ1v) is 20.4. The molecule has 4 N–H and O–H groups in total. The number of rotatable bonds is 12. The predicted molar refractivity (Wildman–Crippen MR) is 210 cm³/mol. The van der Waals surface area contributed by atoms with Gasteiger partial charge in [0.15, 0.2) is 5.65 Å². The standard InChI is InChI=1S/C43H51N9O3/c1-2-52-40-31(20-45-52)37(46-29-16-10-5-11-17-29)30(19-44-40)36-18-43(55-49-36,41(53)47-38-32-23-50(24-33(32)38)21-27-12-6-3-7-13-27)42(54)48-39-34-25-51(26-35(34)39)22-28-14-8-4-9-15-28/h3-4,6-9,12-15,18-20,29,32-35,38-39,49H,2,5,10-11,16-17,21-26H2,1H3,(H,44,46)(H,47,53)(H,48,54). The van der Waals surface area contributed by atoms with Crippen molar-refractivity contribution in [2.75, 3.05) is 31.5 Å². The van der Waals surface area contributed by atoms with Crippen LogP contribution in [0.15, 0.2) is 79.1 Å². The van der Waals surface area contributed by atoms with Gasteiger partial charge in [0.2, 0.25) is 0 Å². The normalized spacial score (nSPS) is 30.0. The van der Waals surface area contributed by atoms with Crippen molar-refractivity contribution in [3.05, 3.63) is 95.8 Å². The van der Waals surface area contributed by atoms with E-state index in [9.17, 15) is 9.59 Å². The highest BCUT2D eigenvalue weighted by Crippen LogP contribution is 2.48. The summed E-state index contributed by atoms with van der Waals surface area (Å²) in [5.41, 5.74) is 6.79. The first kappa shape index (κ1) is 34.7. The summed E-state index contributed by atoms with van der Waals surface area (Å²) in [5, 5.41) is 15.9. The second-order valence-corrected chi connectivity index (χ2v) is 16.7. The highest BCUT2D eigenvalue weighted by atomic mass is 16.7. The van der Waals surface area contributed by atoms with Crippen molar-refractivity contribution in [3.63, 3.8) is 0 Å². The molecule has 10 rings (SSSR count). The Balaban J connectivity index is 0.900. The van der Waals surface area contributed by atoms with Crippen molar-refractivity contribution in [2.45, 2.75) is 82.4 Å². The number of likely N-dealkylation sites (tertiary alicyclic amines) is 2. The number of aryl methyl sites for hydroxylation is 1. The van der Waals surface area contributed by atoms with Crippen LogP contribution in [0.2, 0.25) is 0 Å². The number of amides is 2. The second-order valence-electron chi connectivity index (χ2n) is 16.7. The van der Waals surface area contributed by atoms with E-state index in [4.69, 9.17) is 9.82 Å². The summed E-state index contributed by atoms with van der Waals surface area (Å²) in [6.07, 6.45) is 11.2. The third kappa shape index (κ3) is 6.47. The number of fused-ring (bicyclic) bond motifs is 3. The number of pyridine rings is 1. The van der Waals surface area contributed by atoms with Gasteiger partial charge in [-0.25, -0.2) is 14.5 Å². The maximum atomic E-state index is 14.6. The van der Waals surface area contributed by atoms with Gasteiger partial charge >= 0.3 is 0 Å². The molecule has 4 atom stereocenters. The van der Waals surface area contributed by atoms with Gasteiger partial charge in [0.05, 0.1) is 23.0 Å². The van der Waals surface area contributed by atoms with Crippen LogP contribution in [-0.2, 0) is 34.1 Å². The second kappa shape index (κ2) is 14.1. The quantitative estimate of drug-likeness (QED) is 0.157. The largest absolute Gasteiger partial charge is 0.381 e. The lowest BCUT2D eigenvalue weighted by Gasteiger charge is -2.26. The lowest BCUT2D eigenvalue weighted by molar-refractivity contribution is -0.157. The Morgan fingerprint density at radius 3 is 1.91 bits per heavy atom. The third-order valence-electron chi connectivity index (χ3n) is 13.2. The van der Waals surface area contributed by atoms with E-state index in [0.717, 1.165) is 74.4 Å². The lowest BCUT2D eigenvalue weighted by Crippen LogP contribution is -2.59. The van der Waals surface area contributed by atoms with Crippen molar-refractivity contribution in [3.8, 4) is 0 Å². The van der Waals surface area contributed by atoms with Crippen LogP contribution in [0.5, 0.6) is 0 Å². The van der Waals surface area contributed by atoms with E-state index in [2.05, 4.69) is 91.8 Å². The first-order chi connectivity index (χ1) is 27.0. The number of piperidine rings is 2. The fourth-order valence-corrected chi connectivity index (χ4v) is 10.0. The van der Waals surface area contributed by atoms with Crippen LogP contribution in [0, 0.1) is 23.7 Å². The summed E-state index contributed by atoms with van der Waals surface area (Å²) in [6.45, 7) is 8.24. The summed E-state index contributed by atoms with van der Waals surface area (Å²) in [4.78, 5) is 45.1. The molecule has 3 aliphatic heterocycles. The zero-order valence-corrected chi connectivity index (χ0v) is 31.5. The minimum atomic E-state index is -1.87. The maximum Gasteiger partial charge on any atom is 0.271 e. The van der Waals surface area contributed by atoms with Gasteiger partial charge in [0, 0.05) is 75.7 Å². The molecule has 3 aliphatic carbocycles. The van der Waals surface area contributed by atoms with Crippen LogP contribution in [0.4, 0.5) is 5.69 Å². The first-order valence-electron chi connectivity index (χ1n) is 20.4. The molecule has 12 heteroatoms. The van der Waals surface area contributed by atoms with Crippen molar-refractivity contribution >= 4 is 34.2 Å². The number of carbonyl (C=O) groups excluding carboxylic acids is 2. The average Bonchev–Trinajstić information content (AvgIpc) is 3.66. The van der Waals surface area contributed by atoms with E-state index in [1.807, 2.05) is 29.2 Å². The van der Waals surface area contributed by atoms with E-state index in [0.29, 0.717) is 42.0 Å². The highest BCUT2D eigenvalue weighted by Gasteiger charge is 2.62. The Morgan fingerprint density at radius 2 is 1.36 bits per heavy atom. The summed E-state index contributed by atoms with van der Waals surface area (Å²) in [7, 11) is 0. The molecule has 12 nitrogen and oxygen atoms in total. The molecule has 0 spiro atoms. The van der Waals surface area contributed by atoms with E-state index >= 15 is 0 Å². The molecule has 286 valence electrons. The van der Waals surface area contributed by atoms with Gasteiger partial charge in [-0.3, -0.25) is 24.9 Å². The lowest BCUT2D eigenvalue weighted by atomic mass is 9.94. The monoisotopic (exact) mass is 741 g/mol. The van der Waals surface area contributed by atoms with Gasteiger partial charge in [-0.15, -0.1) is 0 Å².